The van der Waals surface area contributed by atoms with Crippen molar-refractivity contribution in [1.82, 2.24) is 4.90 Å². The fraction of sp³-hybridized carbons (Fsp3) is 0.618. The van der Waals surface area contributed by atoms with E-state index < -0.39 is 5.97 Å². The maximum Gasteiger partial charge on any atom is 0.307 e. The van der Waals surface area contributed by atoms with Crippen LogP contribution < -0.4 is 0 Å². The van der Waals surface area contributed by atoms with Crippen molar-refractivity contribution in [2.24, 2.45) is 29.6 Å². The maximum absolute atomic E-state index is 13.2. The van der Waals surface area contributed by atoms with Gasteiger partial charge in [-0.25, -0.2) is 4.39 Å². The number of carbonyl (C=O) groups is 1. The molecule has 4 atom stereocenters. The highest BCUT2D eigenvalue weighted by Crippen LogP contribution is 2.50. The van der Waals surface area contributed by atoms with Gasteiger partial charge in [0, 0.05) is 6.54 Å². The molecule has 2 aromatic rings. The van der Waals surface area contributed by atoms with E-state index >= 15 is 0 Å². The summed E-state index contributed by atoms with van der Waals surface area (Å²) in [5.74, 6) is 1.60. The smallest absolute Gasteiger partial charge is 0.307 e. The van der Waals surface area contributed by atoms with Gasteiger partial charge in [-0.2, -0.15) is 0 Å². The van der Waals surface area contributed by atoms with E-state index in [0.717, 1.165) is 57.7 Å². The zero-order valence-corrected chi connectivity index (χ0v) is 22.9. The van der Waals surface area contributed by atoms with Crippen molar-refractivity contribution >= 4 is 5.97 Å². The van der Waals surface area contributed by atoms with Gasteiger partial charge in [-0.05, 0) is 117 Å². The number of carboxylic acid groups (broad SMARTS) is 1. The van der Waals surface area contributed by atoms with Crippen molar-refractivity contribution in [3.8, 4) is 0 Å². The van der Waals surface area contributed by atoms with Crippen LogP contribution in [0.4, 0.5) is 4.39 Å². The van der Waals surface area contributed by atoms with Crippen molar-refractivity contribution in [2.45, 2.75) is 83.0 Å². The molecular formula is C34H46FNO2. The lowest BCUT2D eigenvalue weighted by Crippen LogP contribution is -2.38. The normalized spacial score (nSPS) is 26.4. The molecule has 3 aliphatic rings. The summed E-state index contributed by atoms with van der Waals surface area (Å²) in [7, 11) is 0. The van der Waals surface area contributed by atoms with Crippen LogP contribution in [0.3, 0.4) is 0 Å². The van der Waals surface area contributed by atoms with Crippen LogP contribution in [0.15, 0.2) is 54.6 Å². The molecule has 2 aromatic carbocycles. The lowest BCUT2D eigenvalue weighted by atomic mass is 9.73. The first-order valence-corrected chi connectivity index (χ1v) is 15.3. The quantitative estimate of drug-likeness (QED) is 0.346. The molecule has 3 nitrogen and oxygen atoms in total. The minimum absolute atomic E-state index is 0.156. The predicted octanol–water partition coefficient (Wildman–Crippen LogP) is 7.95. The highest BCUT2D eigenvalue weighted by Gasteiger charge is 2.44. The molecule has 0 amide bonds. The van der Waals surface area contributed by atoms with Crippen LogP contribution in [0.25, 0.3) is 0 Å². The number of aryl methyl sites for hydroxylation is 1. The second-order valence-corrected chi connectivity index (χ2v) is 12.5. The maximum atomic E-state index is 13.2. The van der Waals surface area contributed by atoms with Crippen LogP contribution >= 0.6 is 0 Å². The summed E-state index contributed by atoms with van der Waals surface area (Å²) < 4.78 is 13.2. The van der Waals surface area contributed by atoms with Crippen molar-refractivity contribution < 1.29 is 14.3 Å². The lowest BCUT2D eigenvalue weighted by Gasteiger charge is -2.35. The summed E-state index contributed by atoms with van der Waals surface area (Å²) in [4.78, 5) is 15.2. The Morgan fingerprint density at radius 3 is 2.29 bits per heavy atom. The molecule has 4 heteroatoms. The molecule has 2 unspecified atom stereocenters. The molecule has 2 saturated carbocycles. The Morgan fingerprint density at radius 1 is 0.895 bits per heavy atom. The summed E-state index contributed by atoms with van der Waals surface area (Å²) in [5.41, 5.74) is 2.64. The molecule has 0 bridgehead atoms. The van der Waals surface area contributed by atoms with Gasteiger partial charge < -0.3 is 10.0 Å². The van der Waals surface area contributed by atoms with Gasteiger partial charge >= 0.3 is 5.97 Å². The fourth-order valence-corrected chi connectivity index (χ4v) is 8.09. The number of nitrogens with zero attached hydrogens (tertiary/aromatic N) is 1. The highest BCUT2D eigenvalue weighted by atomic mass is 19.1. The minimum atomic E-state index is -0.546. The number of hydrogen-bond acceptors (Lipinski definition) is 2. The average Bonchev–Trinajstić information content (AvgIpc) is 3.34. The topological polar surface area (TPSA) is 40.5 Å². The summed E-state index contributed by atoms with van der Waals surface area (Å²) >= 11 is 0. The van der Waals surface area contributed by atoms with E-state index in [2.05, 4.69) is 35.2 Å². The zero-order chi connectivity index (χ0) is 26.3. The van der Waals surface area contributed by atoms with E-state index in [1.54, 1.807) is 12.1 Å². The molecule has 1 aliphatic heterocycles. The number of hydrogen-bond donors (Lipinski definition) is 1. The Balaban J connectivity index is 1.16. The van der Waals surface area contributed by atoms with Crippen LogP contribution in [0.1, 0.15) is 87.7 Å². The lowest BCUT2D eigenvalue weighted by molar-refractivity contribution is -0.146. The Morgan fingerprint density at radius 2 is 1.61 bits per heavy atom. The SMILES string of the molecule is O=C(O)C(C1CCCCC1)C1C[C@H](CN2CCC(CCCc3ccc(F)cc3)CC2)[C@@H](c2ccccc2)C1. The first-order valence-electron chi connectivity index (χ1n) is 15.3. The standard InChI is InChI=1S/C34H46FNO2/c35-31-16-14-25(15-17-31)8-7-9-26-18-20-36(21-19-26)24-30-22-29(23-32(30)27-10-3-1-4-11-27)33(34(37)38)28-12-5-2-6-13-28/h1,3-4,10-11,14-17,26,28-30,32-33H,2,5-9,12-13,18-24H2,(H,37,38)/t29?,30-,32-,33?/m1/s1. The molecular weight excluding hydrogens is 473 g/mol. The van der Waals surface area contributed by atoms with Crippen LogP contribution in [0, 0.1) is 35.4 Å². The molecule has 2 aliphatic carbocycles. The third-order valence-electron chi connectivity index (χ3n) is 10.1. The van der Waals surface area contributed by atoms with E-state index in [1.165, 1.54) is 56.1 Å². The summed E-state index contributed by atoms with van der Waals surface area (Å²) in [5, 5.41) is 10.3. The predicted molar refractivity (Wildman–Crippen MR) is 152 cm³/mol. The Hall–Kier alpha value is -2.20. The monoisotopic (exact) mass is 519 g/mol. The minimum Gasteiger partial charge on any atom is -0.481 e. The van der Waals surface area contributed by atoms with Crippen molar-refractivity contribution in [1.29, 1.82) is 0 Å². The number of rotatable bonds is 10. The molecule has 3 fully saturated rings. The summed E-state index contributed by atoms with van der Waals surface area (Å²) in [6, 6.07) is 17.9. The summed E-state index contributed by atoms with van der Waals surface area (Å²) in [6.45, 7) is 3.43. The number of halogens is 1. The molecule has 0 aromatic heterocycles. The molecule has 0 radical (unpaired) electrons. The third-order valence-corrected chi connectivity index (χ3v) is 10.1. The Labute approximate surface area is 228 Å². The van der Waals surface area contributed by atoms with E-state index in [4.69, 9.17) is 0 Å². The first kappa shape index (κ1) is 27.4. The van der Waals surface area contributed by atoms with Gasteiger partial charge in [0.15, 0.2) is 0 Å². The fourth-order valence-electron chi connectivity index (χ4n) is 8.09. The molecule has 1 N–H and O–H groups in total. The van der Waals surface area contributed by atoms with Crippen molar-refractivity contribution in [2.75, 3.05) is 19.6 Å². The molecule has 1 saturated heterocycles. The van der Waals surface area contributed by atoms with Crippen molar-refractivity contribution in [3.63, 3.8) is 0 Å². The second-order valence-electron chi connectivity index (χ2n) is 12.5. The second kappa shape index (κ2) is 13.2. The van der Waals surface area contributed by atoms with Gasteiger partial charge in [0.1, 0.15) is 5.82 Å². The van der Waals surface area contributed by atoms with Crippen LogP contribution in [-0.2, 0) is 11.2 Å². The van der Waals surface area contributed by atoms with Gasteiger partial charge in [0.25, 0.3) is 0 Å². The van der Waals surface area contributed by atoms with Crippen molar-refractivity contribution in [3.05, 3.63) is 71.5 Å². The van der Waals surface area contributed by atoms with E-state index in [1.807, 2.05) is 12.1 Å². The van der Waals surface area contributed by atoms with Crippen LogP contribution in [0.5, 0.6) is 0 Å². The number of aliphatic carboxylic acids is 1. The first-order chi connectivity index (χ1) is 18.6. The Kier molecular flexibility index (Phi) is 9.54. The molecule has 1 heterocycles. The molecule has 206 valence electrons. The van der Waals surface area contributed by atoms with E-state index in [9.17, 15) is 14.3 Å². The largest absolute Gasteiger partial charge is 0.481 e. The third kappa shape index (κ3) is 7.05. The Bertz CT molecular complexity index is 995. The van der Waals surface area contributed by atoms with E-state index in [-0.39, 0.29) is 11.7 Å². The molecule has 0 spiro atoms. The van der Waals surface area contributed by atoms with E-state index in [0.29, 0.717) is 23.7 Å². The average molecular weight is 520 g/mol. The van der Waals surface area contributed by atoms with Crippen LogP contribution in [-0.4, -0.2) is 35.6 Å². The van der Waals surface area contributed by atoms with Crippen LogP contribution in [0.2, 0.25) is 0 Å². The van der Waals surface area contributed by atoms with Gasteiger partial charge in [-0.15, -0.1) is 0 Å². The molecule has 5 rings (SSSR count). The number of benzene rings is 2. The summed E-state index contributed by atoms with van der Waals surface area (Å²) in [6.07, 6.45) is 13.9. The number of likely N-dealkylation sites (tertiary alicyclic amines) is 1. The van der Waals surface area contributed by atoms with Gasteiger partial charge in [0.05, 0.1) is 5.92 Å². The highest BCUT2D eigenvalue weighted by molar-refractivity contribution is 5.71. The van der Waals surface area contributed by atoms with Gasteiger partial charge in [0.2, 0.25) is 0 Å². The number of piperidine rings is 1. The van der Waals surface area contributed by atoms with Gasteiger partial charge in [-0.3, -0.25) is 4.79 Å². The molecule has 38 heavy (non-hydrogen) atoms. The van der Waals surface area contributed by atoms with Gasteiger partial charge in [-0.1, -0.05) is 68.1 Å². The zero-order valence-electron chi connectivity index (χ0n) is 22.9. The number of carboxylic acids is 1.